The molecule has 4 rings (SSSR count). The van der Waals surface area contributed by atoms with E-state index in [1.165, 1.54) is 11.1 Å². The first-order valence-corrected chi connectivity index (χ1v) is 10.4. The predicted molar refractivity (Wildman–Crippen MR) is 118 cm³/mol. The van der Waals surface area contributed by atoms with Gasteiger partial charge in [-0.25, -0.2) is 0 Å². The third kappa shape index (κ3) is 4.64. The number of piperidine rings is 1. The highest BCUT2D eigenvalue weighted by Crippen LogP contribution is 2.24. The molecule has 1 aliphatic heterocycles. The van der Waals surface area contributed by atoms with Gasteiger partial charge in [-0.3, -0.25) is 9.78 Å². The monoisotopic (exact) mass is 401 g/mol. The van der Waals surface area contributed by atoms with E-state index in [2.05, 4.69) is 57.4 Å². The molecule has 154 valence electrons. The minimum atomic E-state index is -0.0521. The van der Waals surface area contributed by atoms with Gasteiger partial charge in [-0.1, -0.05) is 18.2 Å². The maximum atomic E-state index is 12.6. The Kier molecular flexibility index (Phi) is 6.02. The van der Waals surface area contributed by atoms with Crippen LogP contribution in [0.15, 0.2) is 54.7 Å². The van der Waals surface area contributed by atoms with E-state index < -0.39 is 0 Å². The van der Waals surface area contributed by atoms with E-state index in [1.807, 2.05) is 30.3 Å². The Morgan fingerprint density at radius 2 is 2.00 bits per heavy atom. The predicted octanol–water partition coefficient (Wildman–Crippen LogP) is 3.69. The molecular weight excluding hydrogens is 374 g/mol. The Balaban J connectivity index is 1.39. The van der Waals surface area contributed by atoms with Crippen LogP contribution in [0.3, 0.4) is 0 Å². The first-order chi connectivity index (χ1) is 14.6. The Morgan fingerprint density at radius 3 is 2.73 bits per heavy atom. The van der Waals surface area contributed by atoms with Crippen molar-refractivity contribution in [1.29, 1.82) is 0 Å². The van der Waals surface area contributed by atoms with Crippen LogP contribution in [-0.2, 0) is 11.3 Å². The summed E-state index contributed by atoms with van der Waals surface area (Å²) >= 11 is 0. The van der Waals surface area contributed by atoms with Gasteiger partial charge in [0.2, 0.25) is 5.91 Å². The molecule has 3 aromatic rings. The number of nitrogens with one attached hydrogen (secondary N) is 1. The van der Waals surface area contributed by atoms with Crippen LogP contribution < -0.4 is 10.2 Å². The van der Waals surface area contributed by atoms with E-state index in [1.54, 1.807) is 6.20 Å². The molecule has 1 atom stereocenters. The largest absolute Gasteiger partial charge is 0.354 e. The number of benzene rings is 1. The number of amides is 1. The molecule has 1 saturated heterocycles. The summed E-state index contributed by atoms with van der Waals surface area (Å²) in [6.07, 6.45) is 3.59. The molecule has 6 heteroatoms. The summed E-state index contributed by atoms with van der Waals surface area (Å²) in [6.45, 7) is 6.22. The fourth-order valence-electron chi connectivity index (χ4n) is 3.77. The van der Waals surface area contributed by atoms with Gasteiger partial charge in [-0.15, -0.1) is 10.2 Å². The summed E-state index contributed by atoms with van der Waals surface area (Å²) in [6, 6.07) is 16.1. The lowest BCUT2D eigenvalue weighted by Gasteiger charge is -2.32. The van der Waals surface area contributed by atoms with Crippen molar-refractivity contribution >= 4 is 11.7 Å². The molecule has 1 fully saturated rings. The second-order valence-electron chi connectivity index (χ2n) is 7.90. The second-order valence-corrected chi connectivity index (χ2v) is 7.90. The van der Waals surface area contributed by atoms with Crippen LogP contribution in [0.25, 0.3) is 11.3 Å². The topological polar surface area (TPSA) is 71.0 Å². The molecule has 6 nitrogen and oxygen atoms in total. The summed E-state index contributed by atoms with van der Waals surface area (Å²) in [5.41, 5.74) is 5.32. The number of hydrogen-bond acceptors (Lipinski definition) is 5. The number of nitrogens with zero attached hydrogens (tertiary/aromatic N) is 4. The van der Waals surface area contributed by atoms with Gasteiger partial charge >= 0.3 is 0 Å². The average molecular weight is 402 g/mol. The SMILES string of the molecule is Cc1ccc(-c2ccc(N3CCC[C@H](C(=O)NCc4ccccn4)C3)nn2)cc1C. The Labute approximate surface area is 177 Å². The van der Waals surface area contributed by atoms with Gasteiger partial charge in [-0.05, 0) is 68.1 Å². The molecule has 1 aliphatic rings. The van der Waals surface area contributed by atoms with Gasteiger partial charge in [-0.2, -0.15) is 0 Å². The number of pyridine rings is 1. The van der Waals surface area contributed by atoms with Gasteiger partial charge in [0, 0.05) is 24.8 Å². The summed E-state index contributed by atoms with van der Waals surface area (Å²) in [7, 11) is 0. The van der Waals surface area contributed by atoms with E-state index in [0.717, 1.165) is 42.2 Å². The van der Waals surface area contributed by atoms with Crippen molar-refractivity contribution in [2.24, 2.45) is 5.92 Å². The van der Waals surface area contributed by atoms with Gasteiger partial charge in [0.25, 0.3) is 0 Å². The van der Waals surface area contributed by atoms with Gasteiger partial charge < -0.3 is 10.2 Å². The zero-order valence-corrected chi connectivity index (χ0v) is 17.5. The van der Waals surface area contributed by atoms with Crippen LogP contribution >= 0.6 is 0 Å². The number of aromatic nitrogens is 3. The zero-order valence-electron chi connectivity index (χ0n) is 17.5. The van der Waals surface area contributed by atoms with Crippen molar-refractivity contribution in [3.05, 3.63) is 71.5 Å². The van der Waals surface area contributed by atoms with Crippen LogP contribution in [0.2, 0.25) is 0 Å². The second kappa shape index (κ2) is 9.03. The molecule has 0 aliphatic carbocycles. The number of carbonyl (C=O) groups excluding carboxylic acids is 1. The highest BCUT2D eigenvalue weighted by molar-refractivity contribution is 5.79. The number of aryl methyl sites for hydroxylation is 2. The van der Waals surface area contributed by atoms with Crippen molar-refractivity contribution in [3.63, 3.8) is 0 Å². The van der Waals surface area contributed by atoms with E-state index in [-0.39, 0.29) is 11.8 Å². The van der Waals surface area contributed by atoms with Gasteiger partial charge in [0.1, 0.15) is 0 Å². The number of anilines is 1. The molecule has 1 amide bonds. The summed E-state index contributed by atoms with van der Waals surface area (Å²) in [4.78, 5) is 19.1. The van der Waals surface area contributed by atoms with Crippen LogP contribution in [0.1, 0.15) is 29.7 Å². The minimum Gasteiger partial charge on any atom is -0.354 e. The third-order valence-electron chi connectivity index (χ3n) is 5.74. The molecule has 0 radical (unpaired) electrons. The molecule has 0 spiro atoms. The standard InChI is InChI=1S/C24H27N5O/c1-17-8-9-19(14-18(17)2)22-10-11-23(28-27-22)29-13-5-6-20(16-29)24(30)26-15-21-7-3-4-12-25-21/h3-4,7-12,14,20H,5-6,13,15-16H2,1-2H3,(H,26,30)/t20-/m0/s1. The van der Waals surface area contributed by atoms with Crippen molar-refractivity contribution in [2.75, 3.05) is 18.0 Å². The zero-order chi connectivity index (χ0) is 20.9. The molecule has 0 saturated carbocycles. The van der Waals surface area contributed by atoms with E-state index in [0.29, 0.717) is 13.1 Å². The average Bonchev–Trinajstić information content (AvgIpc) is 2.80. The van der Waals surface area contributed by atoms with Crippen LogP contribution in [-0.4, -0.2) is 34.2 Å². The molecule has 1 N–H and O–H groups in total. The maximum Gasteiger partial charge on any atom is 0.225 e. The molecule has 1 aromatic carbocycles. The van der Waals surface area contributed by atoms with E-state index in [9.17, 15) is 4.79 Å². The Morgan fingerprint density at radius 1 is 1.10 bits per heavy atom. The molecule has 30 heavy (non-hydrogen) atoms. The van der Waals surface area contributed by atoms with Crippen molar-refractivity contribution in [1.82, 2.24) is 20.5 Å². The lowest BCUT2D eigenvalue weighted by Crippen LogP contribution is -2.43. The van der Waals surface area contributed by atoms with E-state index >= 15 is 0 Å². The normalized spacial score (nSPS) is 16.3. The number of carbonyl (C=O) groups is 1. The number of hydrogen-bond donors (Lipinski definition) is 1. The summed E-state index contributed by atoms with van der Waals surface area (Å²) < 4.78 is 0. The molecule has 2 aromatic heterocycles. The van der Waals surface area contributed by atoms with Gasteiger partial charge in [0.15, 0.2) is 5.82 Å². The molecule has 0 unspecified atom stereocenters. The van der Waals surface area contributed by atoms with Crippen molar-refractivity contribution < 1.29 is 4.79 Å². The van der Waals surface area contributed by atoms with Gasteiger partial charge in [0.05, 0.1) is 23.9 Å². The summed E-state index contributed by atoms with van der Waals surface area (Å²) in [5.74, 6) is 0.846. The van der Waals surface area contributed by atoms with E-state index in [4.69, 9.17) is 0 Å². The summed E-state index contributed by atoms with van der Waals surface area (Å²) in [5, 5.41) is 11.9. The maximum absolute atomic E-state index is 12.6. The lowest BCUT2D eigenvalue weighted by molar-refractivity contribution is -0.125. The molecule has 3 heterocycles. The molecule has 0 bridgehead atoms. The Bertz CT molecular complexity index is 1000. The van der Waals surface area contributed by atoms with Crippen molar-refractivity contribution in [2.45, 2.75) is 33.2 Å². The lowest BCUT2D eigenvalue weighted by atomic mass is 9.97. The Hall–Kier alpha value is -3.28. The van der Waals surface area contributed by atoms with Crippen LogP contribution in [0.4, 0.5) is 5.82 Å². The van der Waals surface area contributed by atoms with Crippen LogP contribution in [0, 0.1) is 19.8 Å². The third-order valence-corrected chi connectivity index (χ3v) is 5.74. The quantitative estimate of drug-likeness (QED) is 0.706. The smallest absolute Gasteiger partial charge is 0.225 e. The fraction of sp³-hybridized carbons (Fsp3) is 0.333. The first-order valence-electron chi connectivity index (χ1n) is 10.4. The minimum absolute atomic E-state index is 0.0521. The highest BCUT2D eigenvalue weighted by atomic mass is 16.1. The van der Waals surface area contributed by atoms with Crippen molar-refractivity contribution in [3.8, 4) is 11.3 Å². The first kappa shape index (κ1) is 20.0. The highest BCUT2D eigenvalue weighted by Gasteiger charge is 2.26. The van der Waals surface area contributed by atoms with Crippen LogP contribution in [0.5, 0.6) is 0 Å². The molecular formula is C24H27N5O. The fourth-order valence-corrected chi connectivity index (χ4v) is 3.77. The number of rotatable bonds is 5.